The number of ether oxygens (including phenoxy) is 1. The number of phenols is 6. The van der Waals surface area contributed by atoms with Gasteiger partial charge < -0.3 is 46.0 Å². The minimum Gasteiger partial charge on any atom is -0.870 e. The Morgan fingerprint density at radius 3 is 1.23 bits per heavy atom. The third-order valence-corrected chi connectivity index (χ3v) is 6.70. The summed E-state index contributed by atoms with van der Waals surface area (Å²) in [6.07, 6.45) is 3.20. The van der Waals surface area contributed by atoms with Crippen molar-refractivity contribution in [3.8, 4) is 34.5 Å². The number of para-hydroxylation sites is 3. The van der Waals surface area contributed by atoms with E-state index in [2.05, 4.69) is 20.8 Å². The second-order valence-electron chi connectivity index (χ2n) is 14.2. The van der Waals surface area contributed by atoms with E-state index in [1.54, 1.807) is 84.0 Å². The molecule has 0 atom stereocenters. The van der Waals surface area contributed by atoms with Crippen LogP contribution in [-0.4, -0.2) is 94.4 Å². The van der Waals surface area contributed by atoms with Crippen molar-refractivity contribution < 1.29 is 108 Å². The smallest absolute Gasteiger partial charge is 0.870 e. The number of rotatable bonds is 1. The Balaban J connectivity index is -0.0000000918. The van der Waals surface area contributed by atoms with Crippen molar-refractivity contribution >= 4 is 40.7 Å². The van der Waals surface area contributed by atoms with E-state index in [0.717, 1.165) is 29.9 Å². The Hall–Kier alpha value is -3.25. The fourth-order valence-corrected chi connectivity index (χ4v) is 3.69. The number of aldehydes is 1. The SMILES string of the molecule is C.C.C1CCOC1.CC(C)(C)O.Cc1cc(C(C)(C)C)cc(O)c1O.Cc1cccc(C=O)c1O.Cc1cccc(O)c1O.Cc1ccccc1O.I.O=S(=O)(O)O.OO.[Na+].[OH-]. The first-order chi connectivity index (χ1) is 26.1. The molecule has 16 nitrogen and oxygen atoms in total. The van der Waals surface area contributed by atoms with Gasteiger partial charge in [-0.25, -0.2) is 0 Å². The largest absolute Gasteiger partial charge is 1.00 e. The van der Waals surface area contributed by atoms with Crippen molar-refractivity contribution in [2.24, 2.45) is 0 Å². The molecule has 0 aliphatic carbocycles. The Morgan fingerprint density at radius 1 is 0.597 bits per heavy atom. The molecule has 5 rings (SSSR count). The van der Waals surface area contributed by atoms with Crippen LogP contribution in [0.1, 0.15) is 107 Å². The summed E-state index contributed by atoms with van der Waals surface area (Å²) in [6, 6.07) is 20.7. The molecule has 0 unspecified atom stereocenters. The molecule has 354 valence electrons. The Labute approximate surface area is 408 Å². The van der Waals surface area contributed by atoms with Gasteiger partial charge in [0, 0.05) is 13.2 Å². The van der Waals surface area contributed by atoms with E-state index in [9.17, 15) is 15.0 Å². The van der Waals surface area contributed by atoms with Crippen molar-refractivity contribution in [3.63, 3.8) is 0 Å². The summed E-state index contributed by atoms with van der Waals surface area (Å²) >= 11 is 0. The average molecular weight is 1030 g/mol. The van der Waals surface area contributed by atoms with Crippen LogP contribution >= 0.6 is 24.0 Å². The summed E-state index contributed by atoms with van der Waals surface area (Å²) in [5.74, 6) is 0.301. The van der Waals surface area contributed by atoms with E-state index in [0.29, 0.717) is 28.7 Å². The van der Waals surface area contributed by atoms with E-state index in [1.807, 2.05) is 31.2 Å². The Kier molecular flexibility index (Phi) is 48.3. The quantitative estimate of drug-likeness (QED) is 0.0174. The minimum atomic E-state index is -4.67. The van der Waals surface area contributed by atoms with Crippen LogP contribution < -0.4 is 29.6 Å². The van der Waals surface area contributed by atoms with Crippen LogP contribution in [0.3, 0.4) is 0 Å². The first-order valence-corrected chi connectivity index (χ1v) is 18.7. The van der Waals surface area contributed by atoms with Crippen LogP contribution in [0.15, 0.2) is 72.8 Å². The van der Waals surface area contributed by atoms with E-state index in [4.69, 9.17) is 58.3 Å². The number of hydrogen-bond donors (Lipinski definition) is 11. The maximum atomic E-state index is 10.2. The van der Waals surface area contributed by atoms with Crippen LogP contribution in [0.5, 0.6) is 34.5 Å². The molecule has 1 aliphatic rings. The molecular weight excluding hydrogens is 954 g/mol. The number of carbonyl (C=O) groups excluding carboxylic acids is 1. The molecule has 0 aromatic heterocycles. The van der Waals surface area contributed by atoms with E-state index >= 15 is 0 Å². The molecule has 62 heavy (non-hydrogen) atoms. The number of carbonyl (C=O) groups is 1. The van der Waals surface area contributed by atoms with E-state index in [-0.39, 0.29) is 108 Å². The van der Waals surface area contributed by atoms with Gasteiger partial charge in [0.25, 0.3) is 0 Å². The molecule has 1 heterocycles. The number of benzene rings is 4. The normalized spacial score (nSPS) is 10.4. The van der Waals surface area contributed by atoms with Crippen molar-refractivity contribution in [1.29, 1.82) is 0 Å². The van der Waals surface area contributed by atoms with Crippen LogP contribution in [0.2, 0.25) is 0 Å². The maximum Gasteiger partial charge on any atom is 1.00 e. The maximum absolute atomic E-state index is 10.2. The number of halogens is 1. The van der Waals surface area contributed by atoms with Crippen molar-refractivity contribution in [2.45, 2.75) is 108 Å². The number of aryl methyl sites for hydroxylation is 4. The summed E-state index contributed by atoms with van der Waals surface area (Å²) in [7, 11) is -4.67. The molecule has 1 aliphatic heterocycles. The first kappa shape index (κ1) is 76.1. The molecule has 0 saturated carbocycles. The zero-order chi connectivity index (χ0) is 45.2. The molecule has 4 aromatic rings. The standard InChI is InChI=1S/C11H16O2.C8H8O2.C7H8O2.C7H8O.C4H8O.C4H10O.2CH4.HI.Na.H2O4S.H2O2.H2O/c1-7-5-8(11(2,3)4)6-9(12)10(7)13;1-6-3-2-4-7(5-9)8(6)10;1-5-3-2-4-6(8)7(5)9;1-6-4-2-3-5-7(6)8;1-2-4-5-3-1;1-4(2,3)5;;;;;1-5(2,3)4;1-2;/h5-6,12-13H,1-4H3;2-5,10H,1H3;2-4,8-9H,1H3;2-5,8H,1H3;1-4H2;5H,1-3H3;2*1H4;1H;;(H2,1,2,3,4);1-2H;1H2/q;;;;;;;;;+1;;;/p-1. The molecule has 12 N–H and O–H groups in total. The zero-order valence-electron chi connectivity index (χ0n) is 36.2. The van der Waals surface area contributed by atoms with Gasteiger partial charge in [-0.05, 0) is 119 Å². The second kappa shape index (κ2) is 39.3. The molecule has 19 heteroatoms. The number of hydrogen-bond acceptors (Lipinski definition) is 14. The fraction of sp³-hybridized carbons (Fsp3) is 0.419. The van der Waals surface area contributed by atoms with Gasteiger partial charge in [-0.1, -0.05) is 84.2 Å². The Morgan fingerprint density at radius 2 is 0.952 bits per heavy atom. The summed E-state index contributed by atoms with van der Waals surface area (Å²) in [5, 5.41) is 75.2. The van der Waals surface area contributed by atoms with E-state index in [1.165, 1.54) is 18.9 Å². The summed E-state index contributed by atoms with van der Waals surface area (Å²) in [4.78, 5) is 10.2. The predicted octanol–water partition coefficient (Wildman–Crippen LogP) is 6.98. The molecule has 1 saturated heterocycles. The number of aliphatic hydroxyl groups is 1. The average Bonchev–Trinajstić information content (AvgIpc) is 3.69. The molecule has 0 spiro atoms. The predicted molar refractivity (Wildman–Crippen MR) is 251 cm³/mol. The second-order valence-corrected chi connectivity index (χ2v) is 15.1. The van der Waals surface area contributed by atoms with Gasteiger partial charge in [0.05, 0.1) is 11.2 Å². The molecule has 0 radical (unpaired) electrons. The Bertz CT molecular complexity index is 1760. The molecule has 0 amide bonds. The fourth-order valence-electron chi connectivity index (χ4n) is 3.69. The van der Waals surface area contributed by atoms with Gasteiger partial charge in [0.2, 0.25) is 0 Å². The van der Waals surface area contributed by atoms with Gasteiger partial charge in [-0.15, -0.1) is 24.0 Å². The minimum absolute atomic E-state index is 0. The van der Waals surface area contributed by atoms with Crippen molar-refractivity contribution in [3.05, 3.63) is 106 Å². The summed E-state index contributed by atoms with van der Waals surface area (Å²) in [5.41, 5.74) is 3.92. The molecular formula is C43H72INaO16S. The first-order valence-electron chi connectivity index (χ1n) is 17.3. The van der Waals surface area contributed by atoms with Crippen LogP contribution in [-0.2, 0) is 20.6 Å². The topological polar surface area (TPSA) is 313 Å². The molecule has 0 bridgehead atoms. The number of phenolic OH excluding ortho intramolecular Hbond substituents is 6. The summed E-state index contributed by atoms with van der Waals surface area (Å²) < 4.78 is 36.5. The third-order valence-electron chi connectivity index (χ3n) is 6.70. The van der Waals surface area contributed by atoms with Gasteiger partial charge >= 0.3 is 40.0 Å². The van der Waals surface area contributed by atoms with Crippen molar-refractivity contribution in [2.75, 3.05) is 13.2 Å². The van der Waals surface area contributed by atoms with Crippen LogP contribution in [0, 0.1) is 27.7 Å². The van der Waals surface area contributed by atoms with Gasteiger partial charge in [-0.2, -0.15) is 8.42 Å². The monoisotopic (exact) mass is 1030 g/mol. The van der Waals surface area contributed by atoms with Gasteiger partial charge in [0.1, 0.15) is 11.5 Å². The van der Waals surface area contributed by atoms with Gasteiger partial charge in [-0.3, -0.25) is 24.4 Å². The molecule has 1 fully saturated rings. The third kappa shape index (κ3) is 42.1. The summed E-state index contributed by atoms with van der Waals surface area (Å²) in [6.45, 7) is 20.6. The van der Waals surface area contributed by atoms with Crippen molar-refractivity contribution in [1.82, 2.24) is 0 Å². The van der Waals surface area contributed by atoms with Crippen LogP contribution in [0.4, 0.5) is 0 Å². The molecule has 4 aromatic carbocycles. The van der Waals surface area contributed by atoms with Crippen LogP contribution in [0.25, 0.3) is 0 Å². The number of aromatic hydroxyl groups is 6. The van der Waals surface area contributed by atoms with Gasteiger partial charge in [0.15, 0.2) is 29.3 Å². The zero-order valence-corrected chi connectivity index (χ0v) is 41.3. The van der Waals surface area contributed by atoms with E-state index < -0.39 is 16.0 Å².